The molecule has 7 nitrogen and oxygen atoms in total. The number of rotatable bonds is 10. The molecule has 0 saturated carbocycles. The maximum Gasteiger partial charge on any atom is 0.262 e. The first kappa shape index (κ1) is 29.8. The van der Waals surface area contributed by atoms with Crippen molar-refractivity contribution in [1.29, 1.82) is 0 Å². The van der Waals surface area contributed by atoms with Crippen LogP contribution in [0.5, 0.6) is 11.5 Å². The molecule has 3 aromatic rings. The summed E-state index contributed by atoms with van der Waals surface area (Å²) in [4.78, 5) is 25.5. The van der Waals surface area contributed by atoms with Gasteiger partial charge in [-0.15, -0.1) is 0 Å². The Hall–Kier alpha value is -2.78. The van der Waals surface area contributed by atoms with Crippen molar-refractivity contribution in [2.75, 3.05) is 7.11 Å². The molecule has 0 aliphatic heterocycles. The number of carbonyl (C=O) groups is 2. The second kappa shape index (κ2) is 13.8. The fourth-order valence-electron chi connectivity index (χ4n) is 3.33. The Balaban J connectivity index is 1.66. The number of nitrogens with one attached hydrogen (secondary N) is 2. The Morgan fingerprint density at radius 2 is 1.74 bits per heavy atom. The summed E-state index contributed by atoms with van der Waals surface area (Å²) in [6.45, 7) is 3.95. The molecular formula is C27H25BrCl3N3O4. The average Bonchev–Trinajstić information content (AvgIpc) is 2.88. The van der Waals surface area contributed by atoms with Crippen LogP contribution in [0.4, 0.5) is 0 Å². The number of carbonyl (C=O) groups excluding carboxylic acids is 2. The summed E-state index contributed by atoms with van der Waals surface area (Å²) in [6, 6.07) is 14.5. The predicted molar refractivity (Wildman–Crippen MR) is 155 cm³/mol. The maximum absolute atomic E-state index is 12.8. The SMILES string of the molecule is COc1cc(/C=N/NC(=O)C(NC(=O)c2ccc(Cl)c(Cl)c2)C(C)C)cc(Br)c1OCc1ccc(Cl)cc1. The second-order valence-corrected chi connectivity index (χ2v) is 10.6. The molecule has 1 unspecified atom stereocenters. The van der Waals surface area contributed by atoms with Crippen LogP contribution >= 0.6 is 50.7 Å². The van der Waals surface area contributed by atoms with Crippen molar-refractivity contribution in [1.82, 2.24) is 10.7 Å². The van der Waals surface area contributed by atoms with Gasteiger partial charge in [0.05, 0.1) is 27.8 Å². The molecule has 0 aromatic heterocycles. The van der Waals surface area contributed by atoms with Gasteiger partial charge in [0, 0.05) is 10.6 Å². The van der Waals surface area contributed by atoms with Gasteiger partial charge in [-0.2, -0.15) is 5.10 Å². The predicted octanol–water partition coefficient (Wildman–Crippen LogP) is 6.90. The number of ether oxygens (including phenoxy) is 2. The van der Waals surface area contributed by atoms with E-state index in [-0.39, 0.29) is 16.5 Å². The molecule has 0 saturated heterocycles. The molecule has 1 atom stereocenters. The van der Waals surface area contributed by atoms with Crippen molar-refractivity contribution in [3.8, 4) is 11.5 Å². The molecule has 0 radical (unpaired) electrons. The lowest BCUT2D eigenvalue weighted by atomic mass is 10.0. The van der Waals surface area contributed by atoms with E-state index in [0.717, 1.165) is 5.56 Å². The highest BCUT2D eigenvalue weighted by Crippen LogP contribution is 2.37. The molecule has 3 aromatic carbocycles. The first-order chi connectivity index (χ1) is 18.1. The number of halogens is 4. The highest BCUT2D eigenvalue weighted by atomic mass is 79.9. The van der Waals surface area contributed by atoms with Crippen molar-refractivity contribution in [2.45, 2.75) is 26.5 Å². The Labute approximate surface area is 244 Å². The highest BCUT2D eigenvalue weighted by molar-refractivity contribution is 9.10. The van der Waals surface area contributed by atoms with Crippen LogP contribution in [0.1, 0.15) is 35.3 Å². The van der Waals surface area contributed by atoms with E-state index in [2.05, 4.69) is 31.8 Å². The largest absolute Gasteiger partial charge is 0.493 e. The lowest BCUT2D eigenvalue weighted by Crippen LogP contribution is -2.48. The zero-order valence-electron chi connectivity index (χ0n) is 20.7. The minimum atomic E-state index is -0.834. The topological polar surface area (TPSA) is 89.0 Å². The fraction of sp³-hybridized carbons (Fsp3) is 0.222. The van der Waals surface area contributed by atoms with Gasteiger partial charge >= 0.3 is 0 Å². The van der Waals surface area contributed by atoms with Crippen LogP contribution in [0.25, 0.3) is 0 Å². The van der Waals surface area contributed by atoms with Gasteiger partial charge in [0.15, 0.2) is 11.5 Å². The molecule has 2 amide bonds. The molecule has 38 heavy (non-hydrogen) atoms. The van der Waals surface area contributed by atoms with Gasteiger partial charge in [-0.25, -0.2) is 5.43 Å². The van der Waals surface area contributed by atoms with E-state index in [0.29, 0.717) is 38.2 Å². The Bertz CT molecular complexity index is 1330. The van der Waals surface area contributed by atoms with Crippen LogP contribution in [0.15, 0.2) is 64.2 Å². The molecule has 200 valence electrons. The number of benzene rings is 3. The summed E-state index contributed by atoms with van der Waals surface area (Å²) in [5, 5.41) is 8.00. The number of hydrogen-bond donors (Lipinski definition) is 2. The second-order valence-electron chi connectivity index (χ2n) is 8.51. The van der Waals surface area contributed by atoms with E-state index < -0.39 is 17.9 Å². The smallest absolute Gasteiger partial charge is 0.262 e. The van der Waals surface area contributed by atoms with Crippen LogP contribution in [-0.2, 0) is 11.4 Å². The van der Waals surface area contributed by atoms with Crippen molar-refractivity contribution >= 4 is 68.8 Å². The molecule has 0 heterocycles. The molecule has 0 aliphatic rings. The van der Waals surface area contributed by atoms with Crippen molar-refractivity contribution in [3.05, 3.63) is 90.8 Å². The van der Waals surface area contributed by atoms with Crippen LogP contribution in [0.2, 0.25) is 15.1 Å². The third kappa shape index (κ3) is 8.11. The lowest BCUT2D eigenvalue weighted by Gasteiger charge is -2.20. The van der Waals surface area contributed by atoms with Gasteiger partial charge in [-0.1, -0.05) is 60.8 Å². The Morgan fingerprint density at radius 3 is 2.37 bits per heavy atom. The van der Waals surface area contributed by atoms with E-state index in [1.165, 1.54) is 31.5 Å². The highest BCUT2D eigenvalue weighted by Gasteiger charge is 2.25. The normalized spacial score (nSPS) is 11.9. The zero-order chi connectivity index (χ0) is 27.8. The number of hydrazone groups is 1. The van der Waals surface area contributed by atoms with Crippen LogP contribution in [-0.4, -0.2) is 31.2 Å². The van der Waals surface area contributed by atoms with Gasteiger partial charge in [0.25, 0.3) is 11.8 Å². The minimum absolute atomic E-state index is 0.205. The van der Waals surface area contributed by atoms with E-state index in [4.69, 9.17) is 44.3 Å². The third-order valence-corrected chi connectivity index (χ3v) is 6.93. The molecule has 3 rings (SSSR count). The van der Waals surface area contributed by atoms with Gasteiger partial charge in [0.1, 0.15) is 12.6 Å². The molecular weight excluding hydrogens is 617 g/mol. The Kier molecular flexibility index (Phi) is 10.8. The van der Waals surface area contributed by atoms with Crippen LogP contribution < -0.4 is 20.2 Å². The number of amides is 2. The first-order valence-corrected chi connectivity index (χ1v) is 13.3. The standard InChI is InChI=1S/C27H25BrCl3N3O4/c1-15(2)24(33-26(35)18-6-9-21(30)22(31)12-18)27(36)34-32-13-17-10-20(28)25(23(11-17)37-3)38-14-16-4-7-19(29)8-5-16/h4-13,15,24H,14H2,1-3H3,(H,33,35)(H,34,36)/b32-13+. The monoisotopic (exact) mass is 639 g/mol. The molecule has 0 aliphatic carbocycles. The molecule has 2 N–H and O–H groups in total. The number of hydrogen-bond acceptors (Lipinski definition) is 5. The van der Waals surface area contributed by atoms with Gasteiger partial charge in [-0.05, 0) is 75.4 Å². The summed E-state index contributed by atoms with van der Waals surface area (Å²) in [5.41, 5.74) is 4.37. The van der Waals surface area contributed by atoms with E-state index in [1.807, 2.05) is 26.0 Å². The average molecular weight is 642 g/mol. The van der Waals surface area contributed by atoms with E-state index in [9.17, 15) is 9.59 Å². The number of nitrogens with zero attached hydrogens (tertiary/aromatic N) is 1. The summed E-state index contributed by atoms with van der Waals surface area (Å²) in [5.74, 6) is -0.130. The number of methoxy groups -OCH3 is 1. The van der Waals surface area contributed by atoms with Crippen LogP contribution in [0.3, 0.4) is 0 Å². The van der Waals surface area contributed by atoms with Gasteiger partial charge in [0.2, 0.25) is 0 Å². The molecule has 0 fully saturated rings. The quantitative estimate of drug-likeness (QED) is 0.186. The molecule has 11 heteroatoms. The summed E-state index contributed by atoms with van der Waals surface area (Å²) in [7, 11) is 1.53. The van der Waals surface area contributed by atoms with E-state index in [1.54, 1.807) is 24.3 Å². The minimum Gasteiger partial charge on any atom is -0.493 e. The Morgan fingerprint density at radius 1 is 1.03 bits per heavy atom. The summed E-state index contributed by atoms with van der Waals surface area (Å²) >= 11 is 21.4. The molecule has 0 bridgehead atoms. The third-order valence-electron chi connectivity index (χ3n) is 5.35. The van der Waals surface area contributed by atoms with Gasteiger partial charge < -0.3 is 14.8 Å². The van der Waals surface area contributed by atoms with E-state index >= 15 is 0 Å². The summed E-state index contributed by atoms with van der Waals surface area (Å²) in [6.07, 6.45) is 1.46. The maximum atomic E-state index is 12.8. The lowest BCUT2D eigenvalue weighted by molar-refractivity contribution is -0.123. The van der Waals surface area contributed by atoms with Crippen LogP contribution in [0, 0.1) is 5.92 Å². The van der Waals surface area contributed by atoms with Crippen molar-refractivity contribution in [2.24, 2.45) is 11.0 Å². The first-order valence-electron chi connectivity index (χ1n) is 11.4. The van der Waals surface area contributed by atoms with Crippen molar-refractivity contribution < 1.29 is 19.1 Å². The summed E-state index contributed by atoms with van der Waals surface area (Å²) < 4.78 is 12.1. The molecule has 0 spiro atoms. The van der Waals surface area contributed by atoms with Crippen molar-refractivity contribution in [3.63, 3.8) is 0 Å². The zero-order valence-corrected chi connectivity index (χ0v) is 24.6. The fourth-order valence-corrected chi connectivity index (χ4v) is 4.33. The van der Waals surface area contributed by atoms with Gasteiger partial charge in [-0.3, -0.25) is 9.59 Å².